The van der Waals surface area contributed by atoms with Gasteiger partial charge in [0.15, 0.2) is 0 Å². The Kier molecular flexibility index (Phi) is 4.22. The molecule has 1 atom stereocenters. The van der Waals surface area contributed by atoms with Gasteiger partial charge in [0.25, 0.3) is 0 Å². The number of rotatable bonds is 3. The Morgan fingerprint density at radius 1 is 1.39 bits per heavy atom. The molecule has 0 bridgehead atoms. The number of nitrogens with two attached hydrogens (primary N) is 1. The molecule has 1 fully saturated rings. The number of hydrogen-bond acceptors (Lipinski definition) is 3. The summed E-state index contributed by atoms with van der Waals surface area (Å²) >= 11 is 6.20. The Balaban J connectivity index is 2.19. The number of likely N-dealkylation sites (N-methyl/N-ethyl adjacent to an activating group) is 1. The van der Waals surface area contributed by atoms with Gasteiger partial charge in [-0.15, -0.1) is 0 Å². The topological polar surface area (TPSA) is 49.6 Å². The summed E-state index contributed by atoms with van der Waals surface area (Å²) in [7, 11) is 1.83. The van der Waals surface area contributed by atoms with E-state index in [1.165, 1.54) is 0 Å². The van der Waals surface area contributed by atoms with Gasteiger partial charge in [-0.25, -0.2) is 0 Å². The summed E-state index contributed by atoms with van der Waals surface area (Å²) in [5.74, 6) is 0.131. The second kappa shape index (κ2) is 5.69. The Morgan fingerprint density at radius 3 is 2.72 bits per heavy atom. The van der Waals surface area contributed by atoms with E-state index in [0.29, 0.717) is 18.1 Å². The van der Waals surface area contributed by atoms with Gasteiger partial charge in [0.05, 0.1) is 6.54 Å². The van der Waals surface area contributed by atoms with Crippen LogP contribution in [0.15, 0.2) is 24.3 Å². The van der Waals surface area contributed by atoms with Crippen LogP contribution in [0.25, 0.3) is 0 Å². The molecule has 4 nitrogen and oxygen atoms in total. The zero-order valence-corrected chi connectivity index (χ0v) is 11.2. The average Bonchev–Trinajstić information content (AvgIpc) is 2.37. The molecule has 1 aliphatic heterocycles. The van der Waals surface area contributed by atoms with E-state index in [4.69, 9.17) is 17.3 Å². The number of carbonyl (C=O) groups is 1. The van der Waals surface area contributed by atoms with Crippen molar-refractivity contribution < 1.29 is 4.79 Å². The van der Waals surface area contributed by atoms with Gasteiger partial charge in [0.2, 0.25) is 5.91 Å². The Hall–Kier alpha value is -1.10. The van der Waals surface area contributed by atoms with Crippen LogP contribution < -0.4 is 5.73 Å². The summed E-state index contributed by atoms with van der Waals surface area (Å²) < 4.78 is 0. The molecule has 2 rings (SSSR count). The first-order chi connectivity index (χ1) is 8.63. The molecule has 0 spiro atoms. The third-order valence-electron chi connectivity index (χ3n) is 3.41. The van der Waals surface area contributed by atoms with E-state index in [1.807, 2.05) is 31.3 Å². The largest absolute Gasteiger partial charge is 0.343 e. The second-order valence-electron chi connectivity index (χ2n) is 4.56. The van der Waals surface area contributed by atoms with Crippen LogP contribution in [0, 0.1) is 0 Å². The zero-order chi connectivity index (χ0) is 13.1. The summed E-state index contributed by atoms with van der Waals surface area (Å²) in [5, 5.41) is 0.708. The van der Waals surface area contributed by atoms with E-state index < -0.39 is 0 Å². The van der Waals surface area contributed by atoms with Crippen LogP contribution in [-0.4, -0.2) is 48.9 Å². The van der Waals surface area contributed by atoms with Gasteiger partial charge in [0, 0.05) is 37.7 Å². The Bertz CT molecular complexity index is 438. The lowest BCUT2D eigenvalue weighted by atomic mass is 10.0. The number of carbonyl (C=O) groups excluding carboxylic acids is 1. The fraction of sp³-hybridized carbons (Fsp3) is 0.462. The minimum atomic E-state index is 0.0105. The first-order valence-electron chi connectivity index (χ1n) is 6.06. The molecule has 1 amide bonds. The van der Waals surface area contributed by atoms with E-state index in [2.05, 4.69) is 4.90 Å². The minimum absolute atomic E-state index is 0.0105. The van der Waals surface area contributed by atoms with Crippen molar-refractivity contribution >= 4 is 17.5 Å². The lowest BCUT2D eigenvalue weighted by Crippen LogP contribution is -2.50. The lowest BCUT2D eigenvalue weighted by molar-refractivity contribution is -0.135. The maximum atomic E-state index is 11.8. The first kappa shape index (κ1) is 13.3. The van der Waals surface area contributed by atoms with Gasteiger partial charge in [-0.05, 0) is 11.6 Å². The molecule has 0 aromatic heterocycles. The van der Waals surface area contributed by atoms with Gasteiger partial charge in [0.1, 0.15) is 0 Å². The van der Waals surface area contributed by atoms with Crippen LogP contribution in [-0.2, 0) is 4.79 Å². The van der Waals surface area contributed by atoms with Gasteiger partial charge < -0.3 is 10.6 Å². The number of piperazine rings is 1. The standard InChI is InChI=1S/C13H18ClN3O/c1-16-6-7-17(9-13(16)18)12(8-15)10-4-2-3-5-11(10)14/h2-5,12H,6-9,15H2,1H3. The molecular formula is C13H18ClN3O. The van der Waals surface area contributed by atoms with Crippen LogP contribution in [0.1, 0.15) is 11.6 Å². The SMILES string of the molecule is CN1CCN(C(CN)c2ccccc2Cl)CC1=O. The summed E-state index contributed by atoms with van der Waals surface area (Å²) in [4.78, 5) is 15.6. The van der Waals surface area contributed by atoms with Crippen molar-refractivity contribution in [2.45, 2.75) is 6.04 Å². The molecule has 1 aliphatic rings. The van der Waals surface area contributed by atoms with Crippen LogP contribution >= 0.6 is 11.6 Å². The summed E-state index contributed by atoms with van der Waals surface area (Å²) in [6, 6.07) is 7.69. The Morgan fingerprint density at radius 2 is 2.11 bits per heavy atom. The molecule has 1 aromatic carbocycles. The van der Waals surface area contributed by atoms with Crippen LogP contribution in [0.5, 0.6) is 0 Å². The molecule has 0 aliphatic carbocycles. The normalized spacial score (nSPS) is 19.1. The molecular weight excluding hydrogens is 250 g/mol. The van der Waals surface area contributed by atoms with Crippen molar-refractivity contribution in [3.8, 4) is 0 Å². The van der Waals surface area contributed by atoms with Gasteiger partial charge in [-0.3, -0.25) is 9.69 Å². The smallest absolute Gasteiger partial charge is 0.236 e. The fourth-order valence-corrected chi connectivity index (χ4v) is 2.52. The molecule has 1 saturated heterocycles. The van der Waals surface area contributed by atoms with Crippen molar-refractivity contribution in [1.29, 1.82) is 0 Å². The van der Waals surface area contributed by atoms with Crippen molar-refractivity contribution in [3.63, 3.8) is 0 Å². The van der Waals surface area contributed by atoms with Crippen molar-refractivity contribution in [3.05, 3.63) is 34.9 Å². The van der Waals surface area contributed by atoms with E-state index in [0.717, 1.165) is 18.7 Å². The maximum Gasteiger partial charge on any atom is 0.236 e. The monoisotopic (exact) mass is 267 g/mol. The van der Waals surface area contributed by atoms with Crippen molar-refractivity contribution in [2.75, 3.05) is 33.2 Å². The van der Waals surface area contributed by atoms with E-state index >= 15 is 0 Å². The van der Waals surface area contributed by atoms with Gasteiger partial charge >= 0.3 is 0 Å². The molecule has 5 heteroatoms. The Labute approximate surface area is 112 Å². The van der Waals surface area contributed by atoms with E-state index in [9.17, 15) is 4.79 Å². The zero-order valence-electron chi connectivity index (χ0n) is 10.5. The van der Waals surface area contributed by atoms with Crippen LogP contribution in [0.2, 0.25) is 5.02 Å². The van der Waals surface area contributed by atoms with E-state index in [1.54, 1.807) is 4.90 Å². The molecule has 2 N–H and O–H groups in total. The number of nitrogens with zero attached hydrogens (tertiary/aromatic N) is 2. The fourth-order valence-electron chi connectivity index (χ4n) is 2.26. The highest BCUT2D eigenvalue weighted by molar-refractivity contribution is 6.31. The highest BCUT2D eigenvalue weighted by atomic mass is 35.5. The third-order valence-corrected chi connectivity index (χ3v) is 3.76. The molecule has 0 saturated carbocycles. The van der Waals surface area contributed by atoms with Crippen LogP contribution in [0.4, 0.5) is 0 Å². The predicted octanol–water partition coefficient (Wildman–Crippen LogP) is 1.11. The van der Waals surface area contributed by atoms with Crippen molar-refractivity contribution in [1.82, 2.24) is 9.80 Å². The van der Waals surface area contributed by atoms with Crippen LogP contribution in [0.3, 0.4) is 0 Å². The minimum Gasteiger partial charge on any atom is -0.343 e. The van der Waals surface area contributed by atoms with Crippen molar-refractivity contribution in [2.24, 2.45) is 5.73 Å². The second-order valence-corrected chi connectivity index (χ2v) is 4.97. The number of amides is 1. The molecule has 1 unspecified atom stereocenters. The van der Waals surface area contributed by atoms with Gasteiger partial charge in [-0.2, -0.15) is 0 Å². The average molecular weight is 268 g/mol. The van der Waals surface area contributed by atoms with Gasteiger partial charge in [-0.1, -0.05) is 29.8 Å². The molecule has 1 heterocycles. The number of benzene rings is 1. The first-order valence-corrected chi connectivity index (χ1v) is 6.43. The highest BCUT2D eigenvalue weighted by Crippen LogP contribution is 2.27. The van der Waals surface area contributed by atoms with E-state index in [-0.39, 0.29) is 11.9 Å². The number of hydrogen-bond donors (Lipinski definition) is 1. The highest BCUT2D eigenvalue weighted by Gasteiger charge is 2.28. The lowest BCUT2D eigenvalue weighted by Gasteiger charge is -2.37. The molecule has 98 valence electrons. The summed E-state index contributed by atoms with van der Waals surface area (Å²) in [5.41, 5.74) is 6.86. The molecule has 1 aromatic rings. The maximum absolute atomic E-state index is 11.8. The summed E-state index contributed by atoms with van der Waals surface area (Å²) in [6.07, 6.45) is 0. The third kappa shape index (κ3) is 2.66. The number of halogens is 1. The molecule has 18 heavy (non-hydrogen) atoms. The summed E-state index contributed by atoms with van der Waals surface area (Å²) in [6.45, 7) is 2.43. The quantitative estimate of drug-likeness (QED) is 0.893. The predicted molar refractivity (Wildman–Crippen MR) is 72.5 cm³/mol. The molecule has 0 radical (unpaired) electrons.